The van der Waals surface area contributed by atoms with Gasteiger partial charge in [0.1, 0.15) is 0 Å². The molecule has 0 aromatic heterocycles. The average molecular weight is 345 g/mol. The fourth-order valence-corrected chi connectivity index (χ4v) is 5.81. The van der Waals surface area contributed by atoms with E-state index < -0.39 is 0 Å². The first-order valence-corrected chi connectivity index (χ1v) is 11.2. The summed E-state index contributed by atoms with van der Waals surface area (Å²) in [6.45, 7) is 5.06. The second kappa shape index (κ2) is 7.80. The van der Waals surface area contributed by atoms with Crippen LogP contribution in [0.3, 0.4) is 0 Å². The standard InChI is InChI=1S/C21H32N2S/c1-24-19-11-9-17(10-12-19)16-23-15-14-22-13-5-8-20(22)21(23)18-6-3-2-4-7-18/h9-12,18,20-21H,2-8,13-16H2,1H3/t20-,21+/m0/s1. The van der Waals surface area contributed by atoms with Crippen LogP contribution in [0, 0.1) is 5.92 Å². The summed E-state index contributed by atoms with van der Waals surface area (Å²) in [6, 6.07) is 10.9. The number of piperazine rings is 1. The van der Waals surface area contributed by atoms with Gasteiger partial charge < -0.3 is 0 Å². The first kappa shape index (κ1) is 16.9. The fourth-order valence-electron chi connectivity index (χ4n) is 5.40. The van der Waals surface area contributed by atoms with Gasteiger partial charge in [0.15, 0.2) is 0 Å². The molecule has 1 saturated carbocycles. The monoisotopic (exact) mass is 344 g/mol. The van der Waals surface area contributed by atoms with Crippen molar-refractivity contribution >= 4 is 11.8 Å². The molecule has 2 nitrogen and oxygen atoms in total. The Hall–Kier alpha value is -0.510. The SMILES string of the molecule is CSc1ccc(CN2CCN3CCC[C@H]3[C@H]2C2CCCCC2)cc1. The fraction of sp³-hybridized carbons (Fsp3) is 0.714. The lowest BCUT2D eigenvalue weighted by Crippen LogP contribution is -2.59. The molecule has 1 aromatic carbocycles. The summed E-state index contributed by atoms with van der Waals surface area (Å²) in [5, 5.41) is 0. The Kier molecular flexibility index (Phi) is 5.50. The maximum absolute atomic E-state index is 2.86. The third-order valence-corrected chi connectivity index (χ3v) is 7.33. The van der Waals surface area contributed by atoms with Gasteiger partial charge in [0, 0.05) is 36.6 Å². The summed E-state index contributed by atoms with van der Waals surface area (Å²) in [7, 11) is 0. The molecule has 2 heterocycles. The van der Waals surface area contributed by atoms with Gasteiger partial charge in [-0.1, -0.05) is 31.4 Å². The van der Waals surface area contributed by atoms with Crippen LogP contribution in [0.4, 0.5) is 0 Å². The first-order chi connectivity index (χ1) is 11.8. The van der Waals surface area contributed by atoms with Crippen molar-refractivity contribution in [1.29, 1.82) is 0 Å². The zero-order valence-electron chi connectivity index (χ0n) is 15.1. The lowest BCUT2D eigenvalue weighted by Gasteiger charge is -2.49. The van der Waals surface area contributed by atoms with Gasteiger partial charge in [0.05, 0.1) is 0 Å². The first-order valence-electron chi connectivity index (χ1n) is 9.96. The Balaban J connectivity index is 1.52. The Morgan fingerprint density at radius 3 is 2.46 bits per heavy atom. The third-order valence-electron chi connectivity index (χ3n) is 6.58. The minimum atomic E-state index is 0.807. The van der Waals surface area contributed by atoms with Crippen molar-refractivity contribution in [1.82, 2.24) is 9.80 Å². The molecule has 0 spiro atoms. The number of rotatable bonds is 4. The second-order valence-corrected chi connectivity index (χ2v) is 8.83. The molecule has 3 fully saturated rings. The topological polar surface area (TPSA) is 6.48 Å². The molecule has 24 heavy (non-hydrogen) atoms. The predicted molar refractivity (Wildman–Crippen MR) is 104 cm³/mol. The van der Waals surface area contributed by atoms with Gasteiger partial charge in [-0.3, -0.25) is 9.80 Å². The number of benzene rings is 1. The van der Waals surface area contributed by atoms with E-state index in [9.17, 15) is 0 Å². The van der Waals surface area contributed by atoms with E-state index in [1.807, 2.05) is 11.8 Å². The van der Waals surface area contributed by atoms with Crippen molar-refractivity contribution < 1.29 is 0 Å². The molecule has 2 aliphatic heterocycles. The smallest absolute Gasteiger partial charge is 0.0283 e. The minimum absolute atomic E-state index is 0.807. The van der Waals surface area contributed by atoms with Crippen molar-refractivity contribution in [3.8, 4) is 0 Å². The van der Waals surface area contributed by atoms with E-state index in [4.69, 9.17) is 0 Å². The molecule has 0 amide bonds. The van der Waals surface area contributed by atoms with E-state index in [0.717, 1.165) is 24.5 Å². The van der Waals surface area contributed by atoms with Crippen LogP contribution in [-0.2, 0) is 6.54 Å². The molecule has 1 aliphatic carbocycles. The summed E-state index contributed by atoms with van der Waals surface area (Å²) >= 11 is 1.84. The minimum Gasteiger partial charge on any atom is -0.298 e. The summed E-state index contributed by atoms with van der Waals surface area (Å²) in [4.78, 5) is 7.05. The molecule has 0 N–H and O–H groups in total. The maximum Gasteiger partial charge on any atom is 0.0283 e. The van der Waals surface area contributed by atoms with Gasteiger partial charge in [0.25, 0.3) is 0 Å². The van der Waals surface area contributed by atoms with E-state index in [2.05, 4.69) is 40.3 Å². The van der Waals surface area contributed by atoms with Gasteiger partial charge >= 0.3 is 0 Å². The maximum atomic E-state index is 2.86. The van der Waals surface area contributed by atoms with Crippen molar-refractivity contribution in [2.45, 2.75) is 68.5 Å². The molecule has 0 radical (unpaired) electrons. The van der Waals surface area contributed by atoms with Crippen LogP contribution in [0.5, 0.6) is 0 Å². The molecule has 3 aliphatic rings. The highest BCUT2D eigenvalue weighted by atomic mass is 32.2. The van der Waals surface area contributed by atoms with E-state index in [1.54, 1.807) is 0 Å². The van der Waals surface area contributed by atoms with Gasteiger partial charge in [-0.15, -0.1) is 11.8 Å². The van der Waals surface area contributed by atoms with Gasteiger partial charge in [-0.25, -0.2) is 0 Å². The van der Waals surface area contributed by atoms with Crippen molar-refractivity contribution in [3.63, 3.8) is 0 Å². The van der Waals surface area contributed by atoms with Crippen LogP contribution in [-0.4, -0.2) is 47.8 Å². The van der Waals surface area contributed by atoms with E-state index in [1.165, 1.54) is 75.0 Å². The molecule has 1 aromatic rings. The Morgan fingerprint density at radius 2 is 1.71 bits per heavy atom. The molecule has 2 atom stereocenters. The van der Waals surface area contributed by atoms with Gasteiger partial charge in [-0.05, 0) is 62.1 Å². The molecular weight excluding hydrogens is 312 g/mol. The van der Waals surface area contributed by atoms with Crippen LogP contribution in [0.2, 0.25) is 0 Å². The summed E-state index contributed by atoms with van der Waals surface area (Å²) in [6.07, 6.45) is 12.3. The molecule has 4 rings (SSSR count). The second-order valence-electron chi connectivity index (χ2n) is 7.95. The van der Waals surface area contributed by atoms with Crippen molar-refractivity contribution in [3.05, 3.63) is 29.8 Å². The van der Waals surface area contributed by atoms with Crippen LogP contribution < -0.4 is 0 Å². The van der Waals surface area contributed by atoms with Crippen LogP contribution in [0.1, 0.15) is 50.5 Å². The van der Waals surface area contributed by atoms with Crippen molar-refractivity contribution in [2.24, 2.45) is 5.92 Å². The quantitative estimate of drug-likeness (QED) is 0.735. The highest BCUT2D eigenvalue weighted by Gasteiger charge is 2.42. The highest BCUT2D eigenvalue weighted by Crippen LogP contribution is 2.38. The van der Waals surface area contributed by atoms with Crippen LogP contribution in [0.15, 0.2) is 29.2 Å². The third kappa shape index (κ3) is 3.54. The summed E-state index contributed by atoms with van der Waals surface area (Å²) in [5.74, 6) is 0.940. The average Bonchev–Trinajstić information content (AvgIpc) is 3.11. The van der Waals surface area contributed by atoms with Gasteiger partial charge in [-0.2, -0.15) is 0 Å². The number of fused-ring (bicyclic) bond motifs is 1. The lowest BCUT2D eigenvalue weighted by molar-refractivity contribution is -0.00380. The molecule has 3 heteroatoms. The molecule has 0 bridgehead atoms. The van der Waals surface area contributed by atoms with Crippen LogP contribution >= 0.6 is 11.8 Å². The number of thioether (sulfide) groups is 1. The van der Waals surface area contributed by atoms with Crippen molar-refractivity contribution in [2.75, 3.05) is 25.9 Å². The number of hydrogen-bond donors (Lipinski definition) is 0. The normalized spacial score (nSPS) is 29.7. The Labute approximate surface area is 152 Å². The van der Waals surface area contributed by atoms with E-state index in [0.29, 0.717) is 0 Å². The zero-order valence-corrected chi connectivity index (χ0v) is 15.9. The largest absolute Gasteiger partial charge is 0.298 e. The number of nitrogens with zero attached hydrogens (tertiary/aromatic N) is 2. The summed E-state index contributed by atoms with van der Waals surface area (Å²) in [5.41, 5.74) is 1.50. The Morgan fingerprint density at radius 1 is 0.917 bits per heavy atom. The molecule has 2 saturated heterocycles. The molecule has 132 valence electrons. The van der Waals surface area contributed by atoms with E-state index >= 15 is 0 Å². The zero-order chi connectivity index (χ0) is 16.4. The molecule has 0 unspecified atom stereocenters. The predicted octanol–water partition coefficient (Wildman–Crippen LogP) is 4.64. The highest BCUT2D eigenvalue weighted by molar-refractivity contribution is 7.98. The lowest BCUT2D eigenvalue weighted by atomic mass is 9.78. The molecular formula is C21H32N2S. The number of hydrogen-bond acceptors (Lipinski definition) is 3. The van der Waals surface area contributed by atoms with Gasteiger partial charge in [0.2, 0.25) is 0 Å². The Bertz CT molecular complexity index is 523. The van der Waals surface area contributed by atoms with Crippen LogP contribution in [0.25, 0.3) is 0 Å². The summed E-state index contributed by atoms with van der Waals surface area (Å²) < 4.78 is 0. The van der Waals surface area contributed by atoms with E-state index in [-0.39, 0.29) is 0 Å².